The fourth-order valence-corrected chi connectivity index (χ4v) is 3.29. The smallest absolute Gasteiger partial charge is 0.247 e. The molecule has 0 saturated carbocycles. The Bertz CT molecular complexity index is 1150. The molecule has 166 valence electrons. The van der Waals surface area contributed by atoms with E-state index in [0.717, 1.165) is 46.5 Å². The molecular formula is C25H30N6O. The third-order valence-corrected chi connectivity index (χ3v) is 5.06. The monoisotopic (exact) mass is 430 g/mol. The van der Waals surface area contributed by atoms with Crippen LogP contribution in [0, 0.1) is 0 Å². The number of rotatable bonds is 9. The van der Waals surface area contributed by atoms with Gasteiger partial charge in [0, 0.05) is 43.0 Å². The minimum absolute atomic E-state index is 0.266. The number of allylic oxidation sites excluding steroid dienone is 1. The van der Waals surface area contributed by atoms with Gasteiger partial charge in [-0.2, -0.15) is 0 Å². The van der Waals surface area contributed by atoms with E-state index < -0.39 is 0 Å². The van der Waals surface area contributed by atoms with Crippen LogP contribution >= 0.6 is 0 Å². The lowest BCUT2D eigenvalue weighted by molar-refractivity contribution is -0.111. The van der Waals surface area contributed by atoms with Gasteiger partial charge in [-0.15, -0.1) is 0 Å². The number of hydrogen-bond acceptors (Lipinski definition) is 6. The van der Waals surface area contributed by atoms with Crippen molar-refractivity contribution in [1.29, 1.82) is 0 Å². The number of para-hydroxylation sites is 1. The number of carbonyl (C=O) groups is 1. The predicted molar refractivity (Wildman–Crippen MR) is 135 cm³/mol. The van der Waals surface area contributed by atoms with E-state index in [0.29, 0.717) is 11.6 Å². The van der Waals surface area contributed by atoms with Crippen molar-refractivity contribution in [2.75, 3.05) is 49.8 Å². The highest BCUT2D eigenvalue weighted by Gasteiger charge is 2.12. The number of benzene rings is 2. The first kappa shape index (κ1) is 23.0. The first-order valence-electron chi connectivity index (χ1n) is 10.4. The summed E-state index contributed by atoms with van der Waals surface area (Å²) in [7, 11) is 6.06. The van der Waals surface area contributed by atoms with Crippen molar-refractivity contribution in [3.63, 3.8) is 0 Å². The van der Waals surface area contributed by atoms with Crippen LogP contribution in [-0.4, -0.2) is 55.0 Å². The molecular weight excluding hydrogens is 400 g/mol. The zero-order valence-electron chi connectivity index (χ0n) is 19.1. The van der Waals surface area contributed by atoms with Crippen LogP contribution in [0.2, 0.25) is 0 Å². The molecule has 2 N–H and O–H groups in total. The fraction of sp³-hybridized carbons (Fsp3) is 0.240. The summed E-state index contributed by atoms with van der Waals surface area (Å²) in [6.45, 7) is 11.3. The van der Waals surface area contributed by atoms with Crippen LogP contribution in [0.15, 0.2) is 61.8 Å². The molecule has 3 rings (SSSR count). The van der Waals surface area contributed by atoms with Gasteiger partial charge in [-0.3, -0.25) is 4.79 Å². The van der Waals surface area contributed by atoms with Gasteiger partial charge in [0.1, 0.15) is 0 Å². The Balaban J connectivity index is 1.93. The third kappa shape index (κ3) is 5.50. The van der Waals surface area contributed by atoms with Crippen LogP contribution < -0.4 is 15.5 Å². The molecule has 0 bridgehead atoms. The summed E-state index contributed by atoms with van der Waals surface area (Å²) in [5.74, 6) is 0.207. The quantitative estimate of drug-likeness (QED) is 0.486. The molecule has 0 spiro atoms. The number of hydrogen-bond donors (Lipinski definition) is 2. The number of aromatic nitrogens is 2. The summed E-state index contributed by atoms with van der Waals surface area (Å²) >= 11 is 0. The lowest BCUT2D eigenvalue weighted by atomic mass is 10.1. The molecule has 7 heteroatoms. The lowest BCUT2D eigenvalue weighted by Gasteiger charge is -2.24. The van der Waals surface area contributed by atoms with Crippen molar-refractivity contribution in [3.8, 4) is 0 Å². The summed E-state index contributed by atoms with van der Waals surface area (Å²) in [4.78, 5) is 25.4. The SMILES string of the molecule is C=CC(=O)Nc1cc(Nc2ncc3cccc(C(=C)C)c3n2)ccc1N(C)CCN(C)C. The Kier molecular flexibility index (Phi) is 7.22. The van der Waals surface area contributed by atoms with Crippen LogP contribution in [0.5, 0.6) is 0 Å². The minimum Gasteiger partial charge on any atom is -0.372 e. The summed E-state index contributed by atoms with van der Waals surface area (Å²) in [5.41, 5.74) is 5.14. The third-order valence-electron chi connectivity index (χ3n) is 5.06. The van der Waals surface area contributed by atoms with E-state index in [1.54, 1.807) is 6.20 Å². The average Bonchev–Trinajstić information content (AvgIpc) is 2.77. The Morgan fingerprint density at radius 3 is 2.62 bits per heavy atom. The molecule has 32 heavy (non-hydrogen) atoms. The molecule has 0 saturated heterocycles. The highest BCUT2D eigenvalue weighted by atomic mass is 16.1. The highest BCUT2D eigenvalue weighted by molar-refractivity contribution is 6.01. The van der Waals surface area contributed by atoms with Crippen LogP contribution in [0.1, 0.15) is 12.5 Å². The fourth-order valence-electron chi connectivity index (χ4n) is 3.29. The first-order chi connectivity index (χ1) is 15.3. The van der Waals surface area contributed by atoms with Crippen molar-refractivity contribution in [2.45, 2.75) is 6.92 Å². The second kappa shape index (κ2) is 10.1. The van der Waals surface area contributed by atoms with Gasteiger partial charge in [0.25, 0.3) is 0 Å². The summed E-state index contributed by atoms with van der Waals surface area (Å²) < 4.78 is 0. The van der Waals surface area contributed by atoms with Crippen molar-refractivity contribution < 1.29 is 4.79 Å². The average molecular weight is 431 g/mol. The second-order valence-corrected chi connectivity index (χ2v) is 7.99. The van der Waals surface area contributed by atoms with E-state index in [-0.39, 0.29) is 5.91 Å². The molecule has 0 aliphatic heterocycles. The standard InChI is InChI=1S/C25H30N6O/c1-7-23(32)28-21-15-19(11-12-22(21)31(6)14-13-30(4)5)27-25-26-16-18-9-8-10-20(17(2)3)24(18)29-25/h7-12,15-16H,1-2,13-14H2,3-6H3,(H,28,32)(H,26,27,29). The zero-order chi connectivity index (χ0) is 23.3. The number of likely N-dealkylation sites (N-methyl/N-ethyl adjacent to an activating group) is 2. The van der Waals surface area contributed by atoms with E-state index >= 15 is 0 Å². The molecule has 0 atom stereocenters. The van der Waals surface area contributed by atoms with E-state index in [4.69, 9.17) is 4.98 Å². The highest BCUT2D eigenvalue weighted by Crippen LogP contribution is 2.30. The van der Waals surface area contributed by atoms with Gasteiger partial charge in [0.2, 0.25) is 11.9 Å². The summed E-state index contributed by atoms with van der Waals surface area (Å²) in [6, 6.07) is 11.7. The second-order valence-electron chi connectivity index (χ2n) is 7.99. The number of fused-ring (bicyclic) bond motifs is 1. The van der Waals surface area contributed by atoms with Gasteiger partial charge in [-0.05, 0) is 50.9 Å². The molecule has 0 unspecified atom stereocenters. The number of carbonyl (C=O) groups excluding carboxylic acids is 1. The predicted octanol–water partition coefficient (Wildman–Crippen LogP) is 4.53. The number of amides is 1. The van der Waals surface area contributed by atoms with Gasteiger partial charge >= 0.3 is 0 Å². The van der Waals surface area contributed by atoms with Crippen LogP contribution in [0.4, 0.5) is 23.0 Å². The van der Waals surface area contributed by atoms with Crippen LogP contribution in [0.3, 0.4) is 0 Å². The van der Waals surface area contributed by atoms with Gasteiger partial charge in [0.05, 0.1) is 16.9 Å². The molecule has 1 heterocycles. The molecule has 3 aromatic rings. The molecule has 0 radical (unpaired) electrons. The van der Waals surface area contributed by atoms with Gasteiger partial charge in [-0.25, -0.2) is 9.97 Å². The number of nitrogens with one attached hydrogen (secondary N) is 2. The van der Waals surface area contributed by atoms with Crippen molar-refractivity contribution >= 4 is 45.4 Å². The van der Waals surface area contributed by atoms with Crippen molar-refractivity contribution in [3.05, 3.63) is 67.4 Å². The Morgan fingerprint density at radius 2 is 1.94 bits per heavy atom. The Hall–Kier alpha value is -3.71. The maximum Gasteiger partial charge on any atom is 0.247 e. The maximum atomic E-state index is 12.0. The van der Waals surface area contributed by atoms with E-state index in [1.807, 2.05) is 64.5 Å². The van der Waals surface area contributed by atoms with Crippen molar-refractivity contribution in [1.82, 2.24) is 14.9 Å². The topological polar surface area (TPSA) is 73.4 Å². The summed E-state index contributed by atoms with van der Waals surface area (Å²) in [5, 5.41) is 7.11. The normalized spacial score (nSPS) is 10.8. The number of anilines is 4. The molecule has 1 aromatic heterocycles. The Morgan fingerprint density at radius 1 is 1.16 bits per heavy atom. The summed E-state index contributed by atoms with van der Waals surface area (Å²) in [6.07, 6.45) is 3.05. The van der Waals surface area contributed by atoms with Crippen molar-refractivity contribution in [2.24, 2.45) is 0 Å². The molecule has 0 aliphatic rings. The molecule has 0 fully saturated rings. The molecule has 0 aliphatic carbocycles. The Labute approximate surface area is 189 Å². The lowest BCUT2D eigenvalue weighted by Crippen LogP contribution is -2.29. The van der Waals surface area contributed by atoms with E-state index in [1.165, 1.54) is 6.08 Å². The van der Waals surface area contributed by atoms with E-state index in [2.05, 4.69) is 38.6 Å². The molecule has 2 aromatic carbocycles. The van der Waals surface area contributed by atoms with E-state index in [9.17, 15) is 4.79 Å². The number of nitrogens with zero attached hydrogens (tertiary/aromatic N) is 4. The molecule has 7 nitrogen and oxygen atoms in total. The maximum absolute atomic E-state index is 12.0. The van der Waals surface area contributed by atoms with Gasteiger partial charge < -0.3 is 20.4 Å². The van der Waals surface area contributed by atoms with Crippen LogP contribution in [0.25, 0.3) is 16.5 Å². The molecule has 1 amide bonds. The minimum atomic E-state index is -0.266. The van der Waals surface area contributed by atoms with Gasteiger partial charge in [0.15, 0.2) is 0 Å². The first-order valence-corrected chi connectivity index (χ1v) is 10.4. The van der Waals surface area contributed by atoms with Gasteiger partial charge in [-0.1, -0.05) is 31.4 Å². The van der Waals surface area contributed by atoms with Crippen LogP contribution in [-0.2, 0) is 4.79 Å². The zero-order valence-corrected chi connectivity index (χ0v) is 19.1. The largest absolute Gasteiger partial charge is 0.372 e.